The zero-order valence-electron chi connectivity index (χ0n) is 20.3. The number of halogens is 3. The predicted octanol–water partition coefficient (Wildman–Crippen LogP) is 2.05. The molecule has 3 N–H and O–H groups in total. The van der Waals surface area contributed by atoms with Crippen molar-refractivity contribution in [3.8, 4) is 16.9 Å². The van der Waals surface area contributed by atoms with Crippen LogP contribution in [0, 0.1) is 0 Å². The van der Waals surface area contributed by atoms with E-state index in [1.54, 1.807) is 35.1 Å². The standard InChI is InChI=1S/C25H23F3N6O5/c26-25(27,28)39-21-10-16(18-13-31-33(14-18)8-3-9-35)5-6-17(21)12-30-23(37)20-11-22(36)34(24(38)32-20)15-19-4-1-2-7-29-19/h1-2,4-7,10-11,13-14,35H,3,8-9,12,15H2,(H,30,37)(H,32,38). The van der Waals surface area contributed by atoms with Crippen molar-refractivity contribution in [2.45, 2.75) is 32.4 Å². The van der Waals surface area contributed by atoms with Crippen LogP contribution in [-0.2, 0) is 19.6 Å². The molecule has 4 aromatic rings. The van der Waals surface area contributed by atoms with Crippen molar-refractivity contribution >= 4 is 5.91 Å². The van der Waals surface area contributed by atoms with E-state index in [2.05, 4.69) is 25.1 Å². The van der Waals surface area contributed by atoms with Crippen LogP contribution in [0.5, 0.6) is 5.75 Å². The van der Waals surface area contributed by atoms with E-state index in [1.165, 1.54) is 24.5 Å². The lowest BCUT2D eigenvalue weighted by Gasteiger charge is -2.15. The number of rotatable bonds is 10. The highest BCUT2D eigenvalue weighted by Crippen LogP contribution is 2.31. The van der Waals surface area contributed by atoms with Gasteiger partial charge in [-0.25, -0.2) is 4.79 Å². The number of hydrogen-bond donors (Lipinski definition) is 3. The topological polar surface area (TPSA) is 144 Å². The first-order chi connectivity index (χ1) is 18.6. The van der Waals surface area contributed by atoms with E-state index in [-0.39, 0.29) is 31.0 Å². The summed E-state index contributed by atoms with van der Waals surface area (Å²) in [6.45, 7) is -0.0965. The Morgan fingerprint density at radius 2 is 1.95 bits per heavy atom. The molecule has 1 amide bonds. The van der Waals surface area contributed by atoms with Gasteiger partial charge in [-0.05, 0) is 30.2 Å². The summed E-state index contributed by atoms with van der Waals surface area (Å²) >= 11 is 0. The number of hydrogen-bond acceptors (Lipinski definition) is 7. The van der Waals surface area contributed by atoms with Crippen LogP contribution >= 0.6 is 0 Å². The molecular formula is C25H23F3N6O5. The van der Waals surface area contributed by atoms with Gasteiger partial charge in [0.2, 0.25) is 0 Å². The number of nitrogens with one attached hydrogen (secondary N) is 2. The summed E-state index contributed by atoms with van der Waals surface area (Å²) in [5, 5.41) is 15.5. The van der Waals surface area contributed by atoms with Gasteiger partial charge in [-0.3, -0.25) is 23.8 Å². The fraction of sp³-hybridized carbons (Fsp3) is 0.240. The van der Waals surface area contributed by atoms with Gasteiger partial charge < -0.3 is 20.1 Å². The lowest BCUT2D eigenvalue weighted by Crippen LogP contribution is -2.38. The molecule has 1 aromatic carbocycles. The average molecular weight is 544 g/mol. The smallest absolute Gasteiger partial charge is 0.405 e. The molecule has 0 fully saturated rings. The maximum absolute atomic E-state index is 13.1. The van der Waals surface area contributed by atoms with E-state index in [0.29, 0.717) is 29.8 Å². The Kier molecular flexibility index (Phi) is 8.24. The van der Waals surface area contributed by atoms with E-state index in [0.717, 1.165) is 10.6 Å². The van der Waals surface area contributed by atoms with E-state index in [9.17, 15) is 27.6 Å². The second-order valence-corrected chi connectivity index (χ2v) is 8.36. The van der Waals surface area contributed by atoms with Gasteiger partial charge in [-0.15, -0.1) is 13.2 Å². The molecular weight excluding hydrogens is 521 g/mol. The molecule has 0 aliphatic rings. The van der Waals surface area contributed by atoms with Crippen LogP contribution in [0.4, 0.5) is 13.2 Å². The van der Waals surface area contributed by atoms with Gasteiger partial charge in [0.25, 0.3) is 11.5 Å². The molecule has 0 radical (unpaired) electrons. The van der Waals surface area contributed by atoms with Gasteiger partial charge in [-0.2, -0.15) is 5.10 Å². The minimum atomic E-state index is -4.99. The van der Waals surface area contributed by atoms with Crippen molar-refractivity contribution in [3.05, 3.63) is 98.8 Å². The lowest BCUT2D eigenvalue weighted by molar-refractivity contribution is -0.274. The third kappa shape index (κ3) is 7.19. The largest absolute Gasteiger partial charge is 0.573 e. The normalized spacial score (nSPS) is 11.4. The third-order valence-electron chi connectivity index (χ3n) is 5.56. The second-order valence-electron chi connectivity index (χ2n) is 8.36. The minimum absolute atomic E-state index is 0.00272. The summed E-state index contributed by atoms with van der Waals surface area (Å²) in [5.41, 5.74) is -0.571. The molecule has 0 aliphatic heterocycles. The Balaban J connectivity index is 1.51. The monoisotopic (exact) mass is 544 g/mol. The minimum Gasteiger partial charge on any atom is -0.405 e. The van der Waals surface area contributed by atoms with Crippen LogP contribution < -0.4 is 21.3 Å². The quantitative estimate of drug-likeness (QED) is 0.277. The molecule has 3 aromatic heterocycles. The average Bonchev–Trinajstić information content (AvgIpc) is 3.37. The van der Waals surface area contributed by atoms with Gasteiger partial charge in [0, 0.05) is 49.3 Å². The predicted molar refractivity (Wildman–Crippen MR) is 132 cm³/mol. The maximum atomic E-state index is 13.1. The number of carbonyl (C=O) groups is 1. The summed E-state index contributed by atoms with van der Waals surface area (Å²) in [5.74, 6) is -1.41. The highest BCUT2D eigenvalue weighted by molar-refractivity contribution is 5.92. The summed E-state index contributed by atoms with van der Waals surface area (Å²) in [4.78, 5) is 43.9. The highest BCUT2D eigenvalue weighted by Gasteiger charge is 2.32. The van der Waals surface area contributed by atoms with Crippen molar-refractivity contribution in [2.75, 3.05) is 6.61 Å². The summed E-state index contributed by atoms with van der Waals surface area (Å²) in [6, 6.07) is 9.99. The molecule has 14 heteroatoms. The van der Waals surface area contributed by atoms with Crippen LogP contribution in [0.1, 0.15) is 28.2 Å². The number of ether oxygens (including phenoxy) is 1. The zero-order valence-corrected chi connectivity index (χ0v) is 20.3. The van der Waals surface area contributed by atoms with Gasteiger partial charge in [-0.1, -0.05) is 18.2 Å². The number of H-pyrrole nitrogens is 1. The van der Waals surface area contributed by atoms with Crippen LogP contribution in [-0.4, -0.2) is 48.3 Å². The molecule has 0 aliphatic carbocycles. The number of benzene rings is 1. The molecule has 3 heterocycles. The molecule has 39 heavy (non-hydrogen) atoms. The van der Waals surface area contributed by atoms with E-state index < -0.39 is 29.3 Å². The molecule has 204 valence electrons. The molecule has 4 rings (SSSR count). The molecule has 0 unspecified atom stereocenters. The second kappa shape index (κ2) is 11.8. The number of aliphatic hydroxyl groups is 1. The Labute approximate surface area is 218 Å². The van der Waals surface area contributed by atoms with Crippen molar-refractivity contribution in [2.24, 2.45) is 0 Å². The van der Waals surface area contributed by atoms with Crippen molar-refractivity contribution in [1.29, 1.82) is 0 Å². The molecule has 0 saturated carbocycles. The van der Waals surface area contributed by atoms with E-state index >= 15 is 0 Å². The fourth-order valence-electron chi connectivity index (χ4n) is 3.68. The van der Waals surface area contributed by atoms with Gasteiger partial charge in [0.1, 0.15) is 11.4 Å². The first-order valence-electron chi connectivity index (χ1n) is 11.7. The van der Waals surface area contributed by atoms with Crippen molar-refractivity contribution in [1.82, 2.24) is 29.6 Å². The number of amides is 1. The molecule has 0 spiro atoms. The van der Waals surface area contributed by atoms with E-state index in [4.69, 9.17) is 5.11 Å². The number of carbonyl (C=O) groups excluding carboxylic acids is 1. The van der Waals surface area contributed by atoms with Crippen LogP contribution in [0.3, 0.4) is 0 Å². The Hall–Kier alpha value is -4.72. The van der Waals surface area contributed by atoms with Gasteiger partial charge >= 0.3 is 12.1 Å². The third-order valence-corrected chi connectivity index (χ3v) is 5.56. The van der Waals surface area contributed by atoms with E-state index in [1.807, 2.05) is 0 Å². The number of aliphatic hydroxyl groups excluding tert-OH is 1. The Morgan fingerprint density at radius 1 is 1.13 bits per heavy atom. The summed E-state index contributed by atoms with van der Waals surface area (Å²) in [7, 11) is 0. The van der Waals surface area contributed by atoms with Crippen LogP contribution in [0.25, 0.3) is 11.1 Å². The zero-order chi connectivity index (χ0) is 28.0. The summed E-state index contributed by atoms with van der Waals surface area (Å²) < 4.78 is 45.9. The highest BCUT2D eigenvalue weighted by atomic mass is 19.4. The molecule has 11 nitrogen and oxygen atoms in total. The first-order valence-corrected chi connectivity index (χ1v) is 11.7. The number of nitrogens with zero attached hydrogens (tertiary/aromatic N) is 4. The number of aryl methyl sites for hydroxylation is 1. The molecule has 0 atom stereocenters. The Morgan fingerprint density at radius 3 is 2.64 bits per heavy atom. The number of alkyl halides is 3. The van der Waals surface area contributed by atoms with Gasteiger partial charge in [0.05, 0.1) is 18.4 Å². The number of aromatic nitrogens is 5. The lowest BCUT2D eigenvalue weighted by atomic mass is 10.1. The van der Waals surface area contributed by atoms with Crippen LogP contribution in [0.2, 0.25) is 0 Å². The Bertz CT molecular complexity index is 1530. The van der Waals surface area contributed by atoms with Crippen LogP contribution in [0.15, 0.2) is 70.6 Å². The summed E-state index contributed by atoms with van der Waals surface area (Å²) in [6.07, 6.45) is 0.0684. The molecule has 0 saturated heterocycles. The SMILES string of the molecule is O=C(NCc1ccc(-c2cnn(CCCO)c2)cc1OC(F)(F)F)c1cc(=O)n(Cc2ccccn2)c(=O)[nH]1. The van der Waals surface area contributed by atoms with Crippen molar-refractivity contribution < 1.29 is 27.8 Å². The number of pyridine rings is 1. The van der Waals surface area contributed by atoms with Gasteiger partial charge in [0.15, 0.2) is 0 Å². The maximum Gasteiger partial charge on any atom is 0.573 e. The van der Waals surface area contributed by atoms with Crippen molar-refractivity contribution in [3.63, 3.8) is 0 Å². The fourth-order valence-corrected chi connectivity index (χ4v) is 3.68. The number of aromatic amines is 1. The molecule has 0 bridgehead atoms. The first kappa shape index (κ1) is 27.3.